The predicted molar refractivity (Wildman–Crippen MR) is 121 cm³/mol. The van der Waals surface area contributed by atoms with Crippen molar-refractivity contribution in [1.29, 1.82) is 0 Å². The molecule has 1 fully saturated rings. The van der Waals surface area contributed by atoms with Gasteiger partial charge in [-0.2, -0.15) is 0 Å². The SMILES string of the molecule is O=C(C=C1Sc2ccccc2NC1=O)NCCN1CCC(Cc2ccccc2)CC1. The first-order valence-electron chi connectivity index (χ1n) is 10.5. The molecule has 0 aliphatic carbocycles. The van der Waals surface area contributed by atoms with Gasteiger partial charge in [0.15, 0.2) is 0 Å². The molecule has 1 saturated heterocycles. The number of hydrogen-bond acceptors (Lipinski definition) is 4. The van der Waals surface area contributed by atoms with Gasteiger partial charge in [0.2, 0.25) is 5.91 Å². The number of nitrogens with zero attached hydrogens (tertiary/aromatic N) is 1. The van der Waals surface area contributed by atoms with Crippen LogP contribution in [0.25, 0.3) is 0 Å². The number of amides is 2. The summed E-state index contributed by atoms with van der Waals surface area (Å²) in [6.07, 6.45) is 4.95. The van der Waals surface area contributed by atoms with Gasteiger partial charge >= 0.3 is 0 Å². The largest absolute Gasteiger partial charge is 0.351 e. The highest BCUT2D eigenvalue weighted by Crippen LogP contribution is 2.37. The first-order chi connectivity index (χ1) is 14.7. The zero-order valence-corrected chi connectivity index (χ0v) is 17.8. The quantitative estimate of drug-likeness (QED) is 0.699. The summed E-state index contributed by atoms with van der Waals surface area (Å²) in [4.78, 5) is 28.2. The summed E-state index contributed by atoms with van der Waals surface area (Å²) in [6, 6.07) is 18.3. The van der Waals surface area contributed by atoms with Crippen molar-refractivity contribution >= 4 is 29.3 Å². The zero-order valence-electron chi connectivity index (χ0n) is 17.0. The molecule has 6 heteroatoms. The van der Waals surface area contributed by atoms with Gasteiger partial charge in [-0.1, -0.05) is 54.2 Å². The van der Waals surface area contributed by atoms with E-state index in [1.807, 2.05) is 24.3 Å². The second-order valence-electron chi connectivity index (χ2n) is 7.83. The van der Waals surface area contributed by atoms with Crippen LogP contribution in [0.4, 0.5) is 5.69 Å². The Bertz CT molecular complexity index is 921. The Hall–Kier alpha value is -2.57. The molecule has 0 spiro atoms. The van der Waals surface area contributed by atoms with Crippen molar-refractivity contribution in [2.75, 3.05) is 31.5 Å². The standard InChI is InChI=1S/C24H27N3O2S/c28-23(17-22-24(29)26-20-8-4-5-9-21(20)30-22)25-12-15-27-13-10-19(11-14-27)16-18-6-2-1-3-7-18/h1-9,17,19H,10-16H2,(H,25,28)(H,26,29). The summed E-state index contributed by atoms with van der Waals surface area (Å²) < 4.78 is 0. The minimum absolute atomic E-state index is 0.217. The number of anilines is 1. The summed E-state index contributed by atoms with van der Waals surface area (Å²) in [6.45, 7) is 3.58. The third-order valence-electron chi connectivity index (χ3n) is 5.64. The molecule has 2 N–H and O–H groups in total. The number of piperidine rings is 1. The number of fused-ring (bicyclic) bond motifs is 1. The minimum atomic E-state index is -0.227. The van der Waals surface area contributed by atoms with Gasteiger partial charge in [-0.25, -0.2) is 0 Å². The van der Waals surface area contributed by atoms with Crippen LogP contribution in [-0.4, -0.2) is 42.9 Å². The average Bonchev–Trinajstić information content (AvgIpc) is 2.76. The summed E-state index contributed by atoms with van der Waals surface area (Å²) >= 11 is 1.33. The molecule has 0 atom stereocenters. The lowest BCUT2D eigenvalue weighted by molar-refractivity contribution is -0.117. The van der Waals surface area contributed by atoms with E-state index in [4.69, 9.17) is 0 Å². The molecule has 0 unspecified atom stereocenters. The van der Waals surface area contributed by atoms with Crippen LogP contribution < -0.4 is 10.6 Å². The van der Waals surface area contributed by atoms with Crippen LogP contribution in [0.2, 0.25) is 0 Å². The van der Waals surface area contributed by atoms with E-state index in [1.165, 1.54) is 36.2 Å². The summed E-state index contributed by atoms with van der Waals surface area (Å²) in [5, 5.41) is 5.75. The number of likely N-dealkylation sites (tertiary alicyclic amines) is 1. The monoisotopic (exact) mass is 421 g/mol. The molecule has 4 rings (SSSR count). The Morgan fingerprint density at radius 2 is 1.83 bits per heavy atom. The van der Waals surface area contributed by atoms with E-state index in [0.717, 1.165) is 42.6 Å². The first kappa shape index (κ1) is 20.7. The fourth-order valence-corrected chi connectivity index (χ4v) is 4.89. The highest BCUT2D eigenvalue weighted by molar-refractivity contribution is 8.04. The Kier molecular flexibility index (Phi) is 6.87. The molecule has 0 saturated carbocycles. The highest BCUT2D eigenvalue weighted by Gasteiger charge is 2.22. The molecule has 2 aliphatic rings. The van der Waals surface area contributed by atoms with Gasteiger partial charge in [-0.3, -0.25) is 9.59 Å². The van der Waals surface area contributed by atoms with Gasteiger partial charge in [0, 0.05) is 24.1 Å². The van der Waals surface area contributed by atoms with E-state index < -0.39 is 0 Å². The molecule has 0 bridgehead atoms. The van der Waals surface area contributed by atoms with Crippen molar-refractivity contribution in [1.82, 2.24) is 10.2 Å². The zero-order chi connectivity index (χ0) is 20.8. The van der Waals surface area contributed by atoms with Crippen molar-refractivity contribution in [2.45, 2.75) is 24.2 Å². The van der Waals surface area contributed by atoms with Crippen LogP contribution in [0.5, 0.6) is 0 Å². The van der Waals surface area contributed by atoms with E-state index in [9.17, 15) is 9.59 Å². The lowest BCUT2D eigenvalue weighted by atomic mass is 9.90. The van der Waals surface area contributed by atoms with E-state index in [-0.39, 0.29) is 11.8 Å². The lowest BCUT2D eigenvalue weighted by Crippen LogP contribution is -2.39. The molecule has 2 amide bonds. The van der Waals surface area contributed by atoms with Crippen LogP contribution >= 0.6 is 11.8 Å². The van der Waals surface area contributed by atoms with Crippen LogP contribution in [0.1, 0.15) is 18.4 Å². The summed E-state index contributed by atoms with van der Waals surface area (Å²) in [5.41, 5.74) is 2.21. The molecular weight excluding hydrogens is 394 g/mol. The van der Waals surface area contributed by atoms with Crippen LogP contribution in [0, 0.1) is 5.92 Å². The molecule has 2 aliphatic heterocycles. The predicted octanol–water partition coefficient (Wildman–Crippen LogP) is 3.69. The lowest BCUT2D eigenvalue weighted by Gasteiger charge is -2.32. The number of rotatable bonds is 6. The highest BCUT2D eigenvalue weighted by atomic mass is 32.2. The van der Waals surface area contributed by atoms with Gasteiger partial charge < -0.3 is 15.5 Å². The fourth-order valence-electron chi connectivity index (χ4n) is 3.97. The molecule has 2 aromatic carbocycles. The maximum absolute atomic E-state index is 12.3. The van der Waals surface area contributed by atoms with Gasteiger partial charge in [0.1, 0.15) is 0 Å². The number of hydrogen-bond donors (Lipinski definition) is 2. The molecular formula is C24H27N3O2S. The van der Waals surface area contributed by atoms with Gasteiger partial charge in [0.25, 0.3) is 5.91 Å². The molecule has 0 radical (unpaired) electrons. The summed E-state index contributed by atoms with van der Waals surface area (Å²) in [7, 11) is 0. The van der Waals surface area contributed by atoms with Crippen LogP contribution in [-0.2, 0) is 16.0 Å². The number of thioether (sulfide) groups is 1. The maximum Gasteiger partial charge on any atom is 0.262 e. The average molecular weight is 422 g/mol. The van der Waals surface area contributed by atoms with E-state index in [0.29, 0.717) is 11.4 Å². The normalized spacial score (nSPS) is 18.7. The molecule has 5 nitrogen and oxygen atoms in total. The van der Waals surface area contributed by atoms with E-state index in [1.54, 1.807) is 0 Å². The smallest absolute Gasteiger partial charge is 0.262 e. The molecule has 0 aromatic heterocycles. The minimum Gasteiger partial charge on any atom is -0.351 e. The van der Waals surface area contributed by atoms with Crippen molar-refractivity contribution in [3.8, 4) is 0 Å². The van der Waals surface area contributed by atoms with E-state index in [2.05, 4.69) is 45.9 Å². The van der Waals surface area contributed by atoms with Gasteiger partial charge in [-0.05, 0) is 56.0 Å². The number of carbonyl (C=O) groups excluding carboxylic acids is 2. The molecule has 2 heterocycles. The molecule has 2 aromatic rings. The van der Waals surface area contributed by atoms with Crippen molar-refractivity contribution in [3.63, 3.8) is 0 Å². The summed E-state index contributed by atoms with van der Waals surface area (Å²) in [5.74, 6) is 0.299. The Balaban J connectivity index is 1.18. The number of benzene rings is 2. The van der Waals surface area contributed by atoms with Crippen molar-refractivity contribution in [3.05, 3.63) is 71.1 Å². The molecule has 30 heavy (non-hydrogen) atoms. The first-order valence-corrected chi connectivity index (χ1v) is 11.3. The second-order valence-corrected chi connectivity index (χ2v) is 8.91. The molecule has 156 valence electrons. The topological polar surface area (TPSA) is 61.4 Å². The third-order valence-corrected chi connectivity index (χ3v) is 6.74. The Morgan fingerprint density at radius 1 is 1.10 bits per heavy atom. The Morgan fingerprint density at radius 3 is 2.63 bits per heavy atom. The fraction of sp³-hybridized carbons (Fsp3) is 0.333. The van der Waals surface area contributed by atoms with Gasteiger partial charge in [0.05, 0.1) is 10.6 Å². The van der Waals surface area contributed by atoms with Gasteiger partial charge in [-0.15, -0.1) is 0 Å². The van der Waals surface area contributed by atoms with Crippen molar-refractivity contribution in [2.24, 2.45) is 5.92 Å². The second kappa shape index (κ2) is 9.96. The van der Waals surface area contributed by atoms with Crippen molar-refractivity contribution < 1.29 is 9.59 Å². The number of para-hydroxylation sites is 1. The number of nitrogens with one attached hydrogen (secondary N) is 2. The number of carbonyl (C=O) groups is 2. The Labute approximate surface area is 181 Å². The third kappa shape index (κ3) is 5.52. The maximum atomic E-state index is 12.3. The van der Waals surface area contributed by atoms with Crippen LogP contribution in [0.15, 0.2) is 70.5 Å². The van der Waals surface area contributed by atoms with E-state index >= 15 is 0 Å². The van der Waals surface area contributed by atoms with Crippen LogP contribution in [0.3, 0.4) is 0 Å².